The monoisotopic (exact) mass is 326 g/mol. The summed E-state index contributed by atoms with van der Waals surface area (Å²) in [5.74, 6) is 0.458. The lowest BCUT2D eigenvalue weighted by atomic mass is 10.1. The molecule has 124 valence electrons. The summed E-state index contributed by atoms with van der Waals surface area (Å²) in [6.45, 7) is 7.77. The van der Waals surface area contributed by atoms with Crippen molar-refractivity contribution >= 4 is 10.0 Å². The van der Waals surface area contributed by atoms with Crippen molar-refractivity contribution in [3.05, 3.63) is 23.3 Å². The van der Waals surface area contributed by atoms with Gasteiger partial charge in [0, 0.05) is 25.7 Å². The van der Waals surface area contributed by atoms with Crippen LogP contribution in [0.1, 0.15) is 30.9 Å². The molecule has 0 spiro atoms. The summed E-state index contributed by atoms with van der Waals surface area (Å²) in [5.41, 5.74) is 1.78. The highest BCUT2D eigenvalue weighted by Crippen LogP contribution is 2.32. The van der Waals surface area contributed by atoms with E-state index in [4.69, 9.17) is 4.74 Å². The summed E-state index contributed by atoms with van der Waals surface area (Å²) in [4.78, 5) is 0.288. The molecule has 1 aliphatic rings. The minimum Gasteiger partial charge on any atom is -0.495 e. The first-order valence-electron chi connectivity index (χ1n) is 7.79. The molecule has 1 fully saturated rings. The highest BCUT2D eigenvalue weighted by atomic mass is 32.2. The van der Waals surface area contributed by atoms with Crippen molar-refractivity contribution in [3.8, 4) is 5.75 Å². The fraction of sp³-hybridized carbons (Fsp3) is 0.625. The lowest BCUT2D eigenvalue weighted by Gasteiger charge is -2.35. The molecule has 0 bridgehead atoms. The van der Waals surface area contributed by atoms with E-state index in [9.17, 15) is 8.42 Å². The van der Waals surface area contributed by atoms with Gasteiger partial charge in [-0.15, -0.1) is 0 Å². The number of nitrogens with one attached hydrogen (secondary N) is 1. The number of nitrogens with zero attached hydrogens (tertiary/aromatic N) is 1. The molecule has 1 unspecified atom stereocenters. The molecule has 0 saturated carbocycles. The fourth-order valence-electron chi connectivity index (χ4n) is 3.13. The predicted molar refractivity (Wildman–Crippen MR) is 87.9 cm³/mol. The van der Waals surface area contributed by atoms with E-state index in [1.54, 1.807) is 10.4 Å². The topological polar surface area (TPSA) is 58.6 Å². The van der Waals surface area contributed by atoms with Crippen LogP contribution < -0.4 is 10.1 Å². The molecule has 1 aromatic rings. The van der Waals surface area contributed by atoms with Crippen molar-refractivity contribution in [2.24, 2.45) is 0 Å². The summed E-state index contributed by atoms with van der Waals surface area (Å²) < 4.78 is 33.4. The van der Waals surface area contributed by atoms with Gasteiger partial charge >= 0.3 is 0 Å². The lowest BCUT2D eigenvalue weighted by Crippen LogP contribution is -2.53. The van der Waals surface area contributed by atoms with Gasteiger partial charge in [-0.2, -0.15) is 4.31 Å². The third-order valence-corrected chi connectivity index (χ3v) is 6.05. The number of methoxy groups -OCH3 is 1. The molecule has 1 atom stereocenters. The standard InChI is InChI=1S/C16H26N2O3S/c1-5-6-14-11-17-7-8-18(14)22(19,20)15-10-12(2)9-13(3)16(15)21-4/h9-10,14,17H,5-8,11H2,1-4H3. The molecule has 0 amide bonds. The second-order valence-electron chi connectivity index (χ2n) is 5.88. The molecule has 2 rings (SSSR count). The first-order chi connectivity index (χ1) is 10.4. The van der Waals surface area contributed by atoms with Crippen LogP contribution in [-0.4, -0.2) is 45.5 Å². The Bertz CT molecular complexity index is 627. The van der Waals surface area contributed by atoms with Crippen LogP contribution in [0.4, 0.5) is 0 Å². The van der Waals surface area contributed by atoms with Gasteiger partial charge in [0.15, 0.2) is 0 Å². The largest absolute Gasteiger partial charge is 0.495 e. The maximum Gasteiger partial charge on any atom is 0.247 e. The Kier molecular flexibility index (Phi) is 5.47. The Morgan fingerprint density at radius 3 is 2.73 bits per heavy atom. The maximum atomic E-state index is 13.2. The Labute approximate surface area is 133 Å². The number of sulfonamides is 1. The molecule has 1 aromatic carbocycles. The van der Waals surface area contributed by atoms with Crippen molar-refractivity contribution in [2.75, 3.05) is 26.7 Å². The van der Waals surface area contributed by atoms with Gasteiger partial charge in [-0.1, -0.05) is 19.4 Å². The smallest absolute Gasteiger partial charge is 0.247 e. The number of aryl methyl sites for hydroxylation is 2. The van der Waals surface area contributed by atoms with Crippen molar-refractivity contribution in [2.45, 2.75) is 44.6 Å². The van der Waals surface area contributed by atoms with E-state index in [-0.39, 0.29) is 10.9 Å². The Morgan fingerprint density at radius 1 is 1.36 bits per heavy atom. The molecule has 0 radical (unpaired) electrons. The quantitative estimate of drug-likeness (QED) is 0.900. The van der Waals surface area contributed by atoms with Gasteiger partial charge in [-0.05, 0) is 37.5 Å². The van der Waals surface area contributed by atoms with Gasteiger partial charge in [-0.25, -0.2) is 8.42 Å². The second kappa shape index (κ2) is 6.98. The van der Waals surface area contributed by atoms with Crippen molar-refractivity contribution in [1.29, 1.82) is 0 Å². The zero-order valence-corrected chi connectivity index (χ0v) is 14.7. The number of hydrogen-bond donors (Lipinski definition) is 1. The molecule has 1 aliphatic heterocycles. The average molecular weight is 326 g/mol. The first-order valence-corrected chi connectivity index (χ1v) is 9.23. The normalized spacial score (nSPS) is 20.1. The Morgan fingerprint density at radius 2 is 2.09 bits per heavy atom. The number of hydrogen-bond acceptors (Lipinski definition) is 4. The minimum absolute atomic E-state index is 0.00859. The van der Waals surface area contributed by atoms with E-state index in [1.165, 1.54) is 7.11 Å². The minimum atomic E-state index is -3.55. The van der Waals surface area contributed by atoms with Crippen LogP contribution in [0.15, 0.2) is 17.0 Å². The third kappa shape index (κ3) is 3.29. The molecule has 1 heterocycles. The van der Waals surface area contributed by atoms with Gasteiger partial charge in [0.05, 0.1) is 7.11 Å². The molecule has 1 N–H and O–H groups in total. The average Bonchev–Trinajstić information content (AvgIpc) is 2.47. The van der Waals surface area contributed by atoms with E-state index in [0.29, 0.717) is 25.4 Å². The summed E-state index contributed by atoms with van der Waals surface area (Å²) in [6, 6.07) is 3.67. The number of benzene rings is 1. The van der Waals surface area contributed by atoms with Crippen LogP contribution in [0, 0.1) is 13.8 Å². The van der Waals surface area contributed by atoms with Crippen molar-refractivity contribution in [1.82, 2.24) is 9.62 Å². The van der Waals surface area contributed by atoms with Gasteiger partial charge < -0.3 is 10.1 Å². The van der Waals surface area contributed by atoms with Gasteiger partial charge in [0.2, 0.25) is 10.0 Å². The number of piperazine rings is 1. The van der Waals surface area contributed by atoms with E-state index in [0.717, 1.165) is 24.0 Å². The SMILES string of the molecule is CCCC1CNCCN1S(=O)(=O)c1cc(C)cc(C)c1OC. The highest BCUT2D eigenvalue weighted by Gasteiger charge is 2.35. The van der Waals surface area contributed by atoms with Crippen molar-refractivity contribution in [3.63, 3.8) is 0 Å². The fourth-order valence-corrected chi connectivity index (χ4v) is 5.10. The summed E-state index contributed by atoms with van der Waals surface area (Å²) in [5, 5.41) is 3.29. The number of ether oxygens (including phenoxy) is 1. The van der Waals surface area contributed by atoms with Crippen LogP contribution in [0.2, 0.25) is 0 Å². The maximum absolute atomic E-state index is 13.2. The van der Waals surface area contributed by atoms with Crippen LogP contribution in [0.5, 0.6) is 5.75 Å². The number of rotatable bonds is 5. The molecule has 22 heavy (non-hydrogen) atoms. The molecule has 0 aromatic heterocycles. The highest BCUT2D eigenvalue weighted by molar-refractivity contribution is 7.89. The van der Waals surface area contributed by atoms with Gasteiger partial charge in [-0.3, -0.25) is 0 Å². The van der Waals surface area contributed by atoms with Crippen LogP contribution in [0.25, 0.3) is 0 Å². The predicted octanol–water partition coefficient (Wildman–Crippen LogP) is 2.07. The van der Waals surface area contributed by atoms with Gasteiger partial charge in [0.1, 0.15) is 10.6 Å². The van der Waals surface area contributed by atoms with Crippen LogP contribution >= 0.6 is 0 Å². The Hall–Kier alpha value is -1.11. The van der Waals surface area contributed by atoms with E-state index in [2.05, 4.69) is 12.2 Å². The summed E-state index contributed by atoms with van der Waals surface area (Å²) >= 11 is 0. The molecule has 0 aliphatic carbocycles. The van der Waals surface area contributed by atoms with Gasteiger partial charge in [0.25, 0.3) is 0 Å². The first kappa shape index (κ1) is 17.2. The zero-order valence-electron chi connectivity index (χ0n) is 13.8. The van der Waals surface area contributed by atoms with Crippen molar-refractivity contribution < 1.29 is 13.2 Å². The third-order valence-electron chi connectivity index (χ3n) is 4.09. The molecule has 1 saturated heterocycles. The molecular formula is C16H26N2O3S. The van der Waals surface area contributed by atoms with Crippen LogP contribution in [-0.2, 0) is 10.0 Å². The Balaban J connectivity index is 2.49. The second-order valence-corrected chi connectivity index (χ2v) is 7.73. The lowest BCUT2D eigenvalue weighted by molar-refractivity contribution is 0.253. The molecule has 5 nitrogen and oxygen atoms in total. The molecular weight excluding hydrogens is 300 g/mol. The summed E-state index contributed by atoms with van der Waals surface area (Å²) in [6.07, 6.45) is 1.82. The van der Waals surface area contributed by atoms with E-state index < -0.39 is 10.0 Å². The van der Waals surface area contributed by atoms with Crippen LogP contribution in [0.3, 0.4) is 0 Å². The van der Waals surface area contributed by atoms with E-state index >= 15 is 0 Å². The summed E-state index contributed by atoms with van der Waals surface area (Å²) in [7, 11) is -2.03. The molecule has 6 heteroatoms. The van der Waals surface area contributed by atoms with E-state index in [1.807, 2.05) is 19.9 Å². The zero-order chi connectivity index (χ0) is 16.3.